The number of fused-ring (bicyclic) bond motifs is 1. The quantitative estimate of drug-likeness (QED) is 0.289. The number of hydrogen-bond donors (Lipinski definition) is 2. The van der Waals surface area contributed by atoms with E-state index in [4.69, 9.17) is 15.9 Å². The van der Waals surface area contributed by atoms with Crippen molar-refractivity contribution < 1.29 is 23.9 Å². The second kappa shape index (κ2) is 14.7. The number of alkyl carbamates (subject to hydrolysis) is 1. The van der Waals surface area contributed by atoms with Gasteiger partial charge in [0.05, 0.1) is 24.9 Å². The summed E-state index contributed by atoms with van der Waals surface area (Å²) in [7, 11) is 0. The summed E-state index contributed by atoms with van der Waals surface area (Å²) in [6.45, 7) is 9.67. The Labute approximate surface area is 260 Å². The lowest BCUT2D eigenvalue weighted by Crippen LogP contribution is -2.56. The molecule has 1 saturated heterocycles. The van der Waals surface area contributed by atoms with Crippen LogP contribution >= 0.6 is 0 Å². The number of aryl methyl sites for hydroxylation is 1. The fraction of sp³-hybridized carbons (Fsp3) is 0.606. The SMILES string of the molecule is C#CCOCc1cn([C@@H](C)CC[C@H](NC(=O)OC(C)(C)C)C(=O)N2C(C)CC[C@H]2C(=O)N[C@@H]2CCCc3ccccc32)nn1. The summed E-state index contributed by atoms with van der Waals surface area (Å²) in [4.78, 5) is 42.4. The summed E-state index contributed by atoms with van der Waals surface area (Å²) in [5, 5.41) is 14.4. The van der Waals surface area contributed by atoms with Gasteiger partial charge in [-0.2, -0.15) is 0 Å². The molecule has 11 heteroatoms. The highest BCUT2D eigenvalue weighted by atomic mass is 16.6. The lowest BCUT2D eigenvalue weighted by atomic mass is 9.87. The molecule has 11 nitrogen and oxygen atoms in total. The molecule has 0 saturated carbocycles. The molecule has 1 aromatic heterocycles. The van der Waals surface area contributed by atoms with E-state index in [1.165, 1.54) is 5.56 Å². The first kappa shape index (κ1) is 33.0. The number of terminal acetylenes is 1. The average molecular weight is 607 g/mol. The monoisotopic (exact) mass is 606 g/mol. The maximum atomic E-state index is 14.2. The summed E-state index contributed by atoms with van der Waals surface area (Å²) >= 11 is 0. The summed E-state index contributed by atoms with van der Waals surface area (Å²) in [5.41, 5.74) is 2.32. The standard InChI is InChI=1S/C33H46N6O5/c1-7-19-43-21-25-20-38(37-36-25)22(2)15-17-28(35-32(42)44-33(4,5)6)31(41)39-23(3)16-18-29(39)30(40)34-27-14-10-12-24-11-8-9-13-26(24)27/h1,8-9,11,13,20,22-23,27-29H,10,12,14-19,21H2,2-6H3,(H,34,40)(H,35,42)/t22-,23?,27+,28-,29-/m0/s1. The number of rotatable bonds is 11. The number of likely N-dealkylation sites (tertiary alicyclic amines) is 1. The van der Waals surface area contributed by atoms with E-state index in [0.29, 0.717) is 31.4 Å². The highest BCUT2D eigenvalue weighted by molar-refractivity contribution is 5.92. The molecule has 3 amide bonds. The van der Waals surface area contributed by atoms with Gasteiger partial charge in [0.25, 0.3) is 0 Å². The van der Waals surface area contributed by atoms with Crippen molar-refractivity contribution in [2.75, 3.05) is 6.61 Å². The number of ether oxygens (including phenoxy) is 2. The zero-order valence-electron chi connectivity index (χ0n) is 26.5. The molecule has 0 spiro atoms. The van der Waals surface area contributed by atoms with Crippen LogP contribution in [-0.2, 0) is 32.1 Å². The molecule has 1 fully saturated rings. The Kier molecular flexibility index (Phi) is 11.0. The number of aromatic nitrogens is 3. The normalized spacial score (nSPS) is 21.1. The molecule has 1 aromatic carbocycles. The van der Waals surface area contributed by atoms with Crippen LogP contribution in [0.4, 0.5) is 4.79 Å². The largest absolute Gasteiger partial charge is 0.444 e. The molecule has 5 atom stereocenters. The van der Waals surface area contributed by atoms with E-state index in [-0.39, 0.29) is 43.2 Å². The van der Waals surface area contributed by atoms with Gasteiger partial charge < -0.3 is 25.0 Å². The van der Waals surface area contributed by atoms with E-state index >= 15 is 0 Å². The Balaban J connectivity index is 1.47. The molecule has 1 unspecified atom stereocenters. The molecular formula is C33H46N6O5. The lowest BCUT2D eigenvalue weighted by Gasteiger charge is -2.34. The highest BCUT2D eigenvalue weighted by Gasteiger charge is 2.42. The van der Waals surface area contributed by atoms with Crippen LogP contribution in [0.15, 0.2) is 30.5 Å². The summed E-state index contributed by atoms with van der Waals surface area (Å²) in [5.74, 6) is 1.97. The van der Waals surface area contributed by atoms with E-state index in [2.05, 4.69) is 39.0 Å². The number of nitrogens with one attached hydrogen (secondary N) is 2. The van der Waals surface area contributed by atoms with Crippen LogP contribution < -0.4 is 10.6 Å². The molecule has 2 N–H and O–H groups in total. The maximum absolute atomic E-state index is 14.2. The van der Waals surface area contributed by atoms with Crippen molar-refractivity contribution in [3.05, 3.63) is 47.3 Å². The van der Waals surface area contributed by atoms with Crippen molar-refractivity contribution in [2.24, 2.45) is 0 Å². The Bertz CT molecular complexity index is 1340. The van der Waals surface area contributed by atoms with Gasteiger partial charge in [-0.3, -0.25) is 9.59 Å². The average Bonchev–Trinajstić information content (AvgIpc) is 3.61. The predicted molar refractivity (Wildman–Crippen MR) is 165 cm³/mol. The van der Waals surface area contributed by atoms with E-state index in [1.807, 2.05) is 26.0 Å². The van der Waals surface area contributed by atoms with Gasteiger partial charge in [-0.05, 0) is 90.7 Å². The molecule has 1 aliphatic heterocycles. The molecular weight excluding hydrogens is 560 g/mol. The third kappa shape index (κ3) is 8.59. The van der Waals surface area contributed by atoms with Crippen LogP contribution in [-0.4, -0.2) is 68.1 Å². The minimum atomic E-state index is -0.888. The molecule has 0 bridgehead atoms. The topological polar surface area (TPSA) is 128 Å². The first-order valence-corrected chi connectivity index (χ1v) is 15.6. The highest BCUT2D eigenvalue weighted by Crippen LogP contribution is 2.31. The van der Waals surface area contributed by atoms with E-state index in [1.54, 1.807) is 36.5 Å². The van der Waals surface area contributed by atoms with Crippen molar-refractivity contribution in [1.29, 1.82) is 0 Å². The first-order chi connectivity index (χ1) is 21.0. The molecule has 2 heterocycles. The smallest absolute Gasteiger partial charge is 0.408 e. The van der Waals surface area contributed by atoms with E-state index < -0.39 is 23.8 Å². The van der Waals surface area contributed by atoms with Crippen LogP contribution in [0.1, 0.15) is 102 Å². The second-order valence-electron chi connectivity index (χ2n) is 12.9. The van der Waals surface area contributed by atoms with Crippen molar-refractivity contribution in [1.82, 2.24) is 30.5 Å². The van der Waals surface area contributed by atoms with Gasteiger partial charge in [-0.15, -0.1) is 11.5 Å². The summed E-state index contributed by atoms with van der Waals surface area (Å²) in [6.07, 6.45) is 11.3. The van der Waals surface area contributed by atoms with Crippen molar-refractivity contribution >= 4 is 17.9 Å². The fourth-order valence-electron chi connectivity index (χ4n) is 6.02. The van der Waals surface area contributed by atoms with Gasteiger partial charge in [0, 0.05) is 6.04 Å². The van der Waals surface area contributed by atoms with Crippen LogP contribution in [0, 0.1) is 12.3 Å². The van der Waals surface area contributed by atoms with Crippen LogP contribution in [0.3, 0.4) is 0 Å². The number of amides is 3. The Morgan fingerprint density at radius 1 is 1.16 bits per heavy atom. The van der Waals surface area contributed by atoms with Crippen molar-refractivity contribution in [3.8, 4) is 12.3 Å². The lowest BCUT2D eigenvalue weighted by molar-refractivity contribution is -0.142. The van der Waals surface area contributed by atoms with Crippen LogP contribution in [0.2, 0.25) is 0 Å². The van der Waals surface area contributed by atoms with Crippen molar-refractivity contribution in [3.63, 3.8) is 0 Å². The minimum absolute atomic E-state index is 0.0821. The fourth-order valence-corrected chi connectivity index (χ4v) is 6.02. The van der Waals surface area contributed by atoms with E-state index in [0.717, 1.165) is 24.8 Å². The van der Waals surface area contributed by atoms with Crippen molar-refractivity contribution in [2.45, 2.75) is 122 Å². The zero-order chi connectivity index (χ0) is 31.9. The van der Waals surface area contributed by atoms with Crippen LogP contribution in [0.5, 0.6) is 0 Å². The molecule has 4 rings (SSSR count). The molecule has 1 aliphatic carbocycles. The number of carbonyl (C=O) groups is 3. The van der Waals surface area contributed by atoms with E-state index in [9.17, 15) is 14.4 Å². The van der Waals surface area contributed by atoms with Crippen LogP contribution in [0.25, 0.3) is 0 Å². The predicted octanol–water partition coefficient (Wildman–Crippen LogP) is 4.24. The third-order valence-corrected chi connectivity index (χ3v) is 8.22. The summed E-state index contributed by atoms with van der Waals surface area (Å²) < 4.78 is 12.6. The molecule has 238 valence electrons. The second-order valence-corrected chi connectivity index (χ2v) is 12.9. The summed E-state index contributed by atoms with van der Waals surface area (Å²) in [6, 6.07) is 6.34. The molecule has 2 aromatic rings. The number of benzene rings is 1. The Morgan fingerprint density at radius 3 is 2.68 bits per heavy atom. The van der Waals surface area contributed by atoms with Gasteiger partial charge in [-0.1, -0.05) is 35.4 Å². The third-order valence-electron chi connectivity index (χ3n) is 8.22. The van der Waals surface area contributed by atoms with Gasteiger partial charge >= 0.3 is 6.09 Å². The Hall–Kier alpha value is -3.91. The molecule has 0 radical (unpaired) electrons. The first-order valence-electron chi connectivity index (χ1n) is 15.6. The van der Waals surface area contributed by atoms with Gasteiger partial charge in [0.2, 0.25) is 11.8 Å². The number of hydrogen-bond acceptors (Lipinski definition) is 7. The van der Waals surface area contributed by atoms with Gasteiger partial charge in [-0.25, -0.2) is 9.48 Å². The number of carbonyl (C=O) groups excluding carboxylic acids is 3. The zero-order valence-corrected chi connectivity index (χ0v) is 26.5. The van der Waals surface area contributed by atoms with Gasteiger partial charge in [0.1, 0.15) is 30.0 Å². The van der Waals surface area contributed by atoms with Gasteiger partial charge in [0.15, 0.2) is 0 Å². The molecule has 44 heavy (non-hydrogen) atoms. The minimum Gasteiger partial charge on any atom is -0.444 e. The Morgan fingerprint density at radius 2 is 1.93 bits per heavy atom. The maximum Gasteiger partial charge on any atom is 0.408 e. The number of nitrogens with zero attached hydrogens (tertiary/aromatic N) is 4. The molecule has 2 aliphatic rings.